The summed E-state index contributed by atoms with van der Waals surface area (Å²) in [7, 11) is 1.51. The fraction of sp³-hybridized carbons (Fsp3) is 0.136. The highest BCUT2D eigenvalue weighted by Gasteiger charge is 2.26. The van der Waals surface area contributed by atoms with Gasteiger partial charge in [-0.1, -0.05) is 18.2 Å². The average molecular weight is 372 g/mol. The first-order valence-electron chi connectivity index (χ1n) is 8.73. The second kappa shape index (κ2) is 7.05. The van der Waals surface area contributed by atoms with E-state index in [4.69, 9.17) is 9.15 Å². The monoisotopic (exact) mass is 372 g/mol. The predicted molar refractivity (Wildman–Crippen MR) is 105 cm³/mol. The van der Waals surface area contributed by atoms with Crippen LogP contribution >= 0.6 is 0 Å². The van der Waals surface area contributed by atoms with E-state index in [-0.39, 0.29) is 16.6 Å². The number of methoxy groups -OCH3 is 1. The lowest BCUT2D eigenvalue weighted by Gasteiger charge is -2.16. The molecule has 0 fully saturated rings. The molecule has 3 aromatic rings. The molecule has 1 amide bonds. The van der Waals surface area contributed by atoms with Crippen LogP contribution in [0.1, 0.15) is 11.1 Å². The summed E-state index contributed by atoms with van der Waals surface area (Å²) in [6.07, 6.45) is 3.28. The topological polar surface area (TPSA) is 83.5 Å². The highest BCUT2D eigenvalue weighted by atomic mass is 16.5. The van der Waals surface area contributed by atoms with Crippen LogP contribution in [0.5, 0.6) is 5.75 Å². The smallest absolute Gasteiger partial charge is 0.268 e. The molecule has 1 aromatic heterocycles. The molecule has 0 N–H and O–H groups in total. The van der Waals surface area contributed by atoms with Crippen molar-refractivity contribution >= 4 is 28.6 Å². The van der Waals surface area contributed by atoms with Crippen LogP contribution in [0.2, 0.25) is 0 Å². The van der Waals surface area contributed by atoms with E-state index in [1.54, 1.807) is 23.1 Å². The largest absolute Gasteiger partial charge is 0.497 e. The molecule has 138 valence electrons. The zero-order valence-electron chi connectivity index (χ0n) is 15.1. The Balaban J connectivity index is 1.75. The number of carbonyl (C=O) groups excluding carboxylic acids is 1. The van der Waals surface area contributed by atoms with E-state index in [9.17, 15) is 14.9 Å². The number of nitrogens with zero attached hydrogens (tertiary/aromatic N) is 2. The molecule has 2 heterocycles. The van der Waals surface area contributed by atoms with Gasteiger partial charge in [-0.15, -0.1) is 0 Å². The van der Waals surface area contributed by atoms with Crippen molar-refractivity contribution in [2.24, 2.45) is 0 Å². The zero-order valence-corrected chi connectivity index (χ0v) is 15.1. The van der Waals surface area contributed by atoms with Gasteiger partial charge in [-0.05, 0) is 42.3 Å². The van der Waals surface area contributed by atoms with Gasteiger partial charge in [-0.25, -0.2) is 0 Å². The van der Waals surface area contributed by atoms with Crippen molar-refractivity contribution in [2.45, 2.75) is 6.42 Å². The van der Waals surface area contributed by atoms with Crippen LogP contribution in [-0.2, 0) is 11.2 Å². The lowest BCUT2D eigenvalue weighted by Crippen LogP contribution is -2.30. The van der Waals surface area contributed by atoms with Gasteiger partial charge < -0.3 is 14.1 Å². The lowest BCUT2D eigenvalue weighted by atomic mass is 10.1. The number of rotatable bonds is 3. The summed E-state index contributed by atoms with van der Waals surface area (Å²) in [5.74, 6) is 0.0868. The number of ether oxygens (including phenoxy) is 1. The van der Waals surface area contributed by atoms with E-state index < -0.39 is 5.91 Å². The SMILES string of the molecule is COc1ccc2occ(C=C(C#N)C(=O)N3CCc4ccccc43)c(=O)c2c1. The quantitative estimate of drug-likeness (QED) is 0.520. The highest BCUT2D eigenvalue weighted by molar-refractivity contribution is 6.12. The molecule has 0 aliphatic carbocycles. The predicted octanol–water partition coefficient (Wildman–Crippen LogP) is 3.30. The summed E-state index contributed by atoms with van der Waals surface area (Å²) in [4.78, 5) is 27.3. The van der Waals surface area contributed by atoms with Crippen molar-refractivity contribution in [1.82, 2.24) is 0 Å². The van der Waals surface area contributed by atoms with Crippen LogP contribution in [0.4, 0.5) is 5.69 Å². The third-order valence-corrected chi connectivity index (χ3v) is 4.79. The Morgan fingerprint density at radius 1 is 1.29 bits per heavy atom. The Hall–Kier alpha value is -3.85. The van der Waals surface area contributed by atoms with Crippen molar-refractivity contribution in [2.75, 3.05) is 18.6 Å². The van der Waals surface area contributed by atoms with E-state index in [2.05, 4.69) is 0 Å². The molecule has 0 saturated carbocycles. The summed E-state index contributed by atoms with van der Waals surface area (Å²) in [5.41, 5.74) is 1.95. The standard InChI is InChI=1S/C22H16N2O4/c1-27-17-6-7-20-18(11-17)21(25)16(13-28-20)10-15(12-23)22(26)24-9-8-14-4-2-3-5-19(14)24/h2-7,10-11,13H,8-9H2,1H3. The number of hydrogen-bond donors (Lipinski definition) is 0. The van der Waals surface area contributed by atoms with Gasteiger partial charge in [0.25, 0.3) is 5.91 Å². The molecule has 0 spiro atoms. The minimum Gasteiger partial charge on any atom is -0.497 e. The molecule has 6 heteroatoms. The molecular formula is C22H16N2O4. The van der Waals surface area contributed by atoms with Gasteiger partial charge >= 0.3 is 0 Å². The summed E-state index contributed by atoms with van der Waals surface area (Å²) >= 11 is 0. The maximum Gasteiger partial charge on any atom is 0.268 e. The highest BCUT2D eigenvalue weighted by Crippen LogP contribution is 2.29. The minimum atomic E-state index is -0.433. The van der Waals surface area contributed by atoms with Crippen LogP contribution < -0.4 is 15.1 Å². The van der Waals surface area contributed by atoms with Gasteiger partial charge in [-0.3, -0.25) is 9.59 Å². The first-order valence-corrected chi connectivity index (χ1v) is 8.73. The number of nitriles is 1. The van der Waals surface area contributed by atoms with E-state index in [1.165, 1.54) is 19.4 Å². The normalized spacial score (nSPS) is 13.3. The van der Waals surface area contributed by atoms with Gasteiger partial charge in [0.05, 0.1) is 18.1 Å². The van der Waals surface area contributed by atoms with Crippen LogP contribution in [-0.4, -0.2) is 19.6 Å². The summed E-state index contributed by atoms with van der Waals surface area (Å²) in [6, 6.07) is 14.4. The van der Waals surface area contributed by atoms with Crippen molar-refractivity contribution in [3.05, 3.63) is 75.7 Å². The van der Waals surface area contributed by atoms with E-state index >= 15 is 0 Å². The first kappa shape index (κ1) is 17.6. The molecule has 6 nitrogen and oxygen atoms in total. The average Bonchev–Trinajstić information content (AvgIpc) is 3.17. The lowest BCUT2D eigenvalue weighted by molar-refractivity contribution is -0.114. The van der Waals surface area contributed by atoms with Gasteiger partial charge in [0.15, 0.2) is 5.43 Å². The molecule has 0 atom stereocenters. The zero-order chi connectivity index (χ0) is 19.7. The van der Waals surface area contributed by atoms with Crippen LogP contribution in [0, 0.1) is 11.3 Å². The summed E-state index contributed by atoms with van der Waals surface area (Å²) < 4.78 is 10.6. The van der Waals surface area contributed by atoms with Gasteiger partial charge in [-0.2, -0.15) is 5.26 Å². The molecule has 1 aliphatic heterocycles. The van der Waals surface area contributed by atoms with Gasteiger partial charge in [0.2, 0.25) is 0 Å². The fourth-order valence-electron chi connectivity index (χ4n) is 3.34. The van der Waals surface area contributed by atoms with Crippen molar-refractivity contribution in [1.29, 1.82) is 5.26 Å². The Bertz CT molecular complexity index is 1220. The van der Waals surface area contributed by atoms with Crippen molar-refractivity contribution in [3.8, 4) is 11.8 Å². The van der Waals surface area contributed by atoms with Crippen LogP contribution in [0.3, 0.4) is 0 Å². The number of hydrogen-bond acceptors (Lipinski definition) is 5. The number of para-hydroxylation sites is 1. The molecular weight excluding hydrogens is 356 g/mol. The molecule has 4 rings (SSSR count). The molecule has 0 radical (unpaired) electrons. The Labute approximate surface area is 160 Å². The molecule has 28 heavy (non-hydrogen) atoms. The van der Waals surface area contributed by atoms with Gasteiger partial charge in [0.1, 0.15) is 29.2 Å². The second-order valence-corrected chi connectivity index (χ2v) is 6.39. The third kappa shape index (κ3) is 2.93. The maximum absolute atomic E-state index is 12.9. The van der Waals surface area contributed by atoms with Crippen molar-refractivity contribution in [3.63, 3.8) is 0 Å². The van der Waals surface area contributed by atoms with Crippen LogP contribution in [0.25, 0.3) is 17.0 Å². The summed E-state index contributed by atoms with van der Waals surface area (Å²) in [5, 5.41) is 9.86. The Morgan fingerprint density at radius 3 is 2.89 bits per heavy atom. The van der Waals surface area contributed by atoms with Crippen LogP contribution in [0.15, 0.2) is 63.5 Å². The van der Waals surface area contributed by atoms with E-state index in [1.807, 2.05) is 30.3 Å². The Kier molecular flexibility index (Phi) is 4.42. The fourth-order valence-corrected chi connectivity index (χ4v) is 3.34. The van der Waals surface area contributed by atoms with E-state index in [0.717, 1.165) is 17.7 Å². The molecule has 0 bridgehead atoms. The third-order valence-electron chi connectivity index (χ3n) is 4.79. The number of amides is 1. The second-order valence-electron chi connectivity index (χ2n) is 6.39. The molecule has 2 aromatic carbocycles. The molecule has 1 aliphatic rings. The Morgan fingerprint density at radius 2 is 2.11 bits per heavy atom. The number of benzene rings is 2. The van der Waals surface area contributed by atoms with E-state index in [0.29, 0.717) is 23.3 Å². The number of fused-ring (bicyclic) bond motifs is 2. The molecule has 0 saturated heterocycles. The minimum absolute atomic E-state index is 0.119. The van der Waals surface area contributed by atoms with Gasteiger partial charge in [0, 0.05) is 12.2 Å². The summed E-state index contributed by atoms with van der Waals surface area (Å²) in [6.45, 7) is 0.501. The molecule has 0 unspecified atom stereocenters. The number of anilines is 1. The first-order chi connectivity index (χ1) is 13.6. The number of carbonyl (C=O) groups is 1. The maximum atomic E-state index is 12.9. The van der Waals surface area contributed by atoms with Crippen molar-refractivity contribution < 1.29 is 13.9 Å².